The zero-order valence-electron chi connectivity index (χ0n) is 8.01. The summed E-state index contributed by atoms with van der Waals surface area (Å²) in [5, 5.41) is 0. The topological polar surface area (TPSA) is 26.3 Å². The van der Waals surface area contributed by atoms with E-state index in [1.54, 1.807) is 0 Å². The summed E-state index contributed by atoms with van der Waals surface area (Å²) >= 11 is 0. The van der Waals surface area contributed by atoms with Crippen molar-refractivity contribution in [2.24, 2.45) is 11.8 Å². The molecule has 2 heteroatoms. The molecule has 1 fully saturated rings. The molecule has 2 unspecified atom stereocenters. The lowest BCUT2D eigenvalue weighted by Crippen LogP contribution is -2.27. The van der Waals surface area contributed by atoms with E-state index < -0.39 is 0 Å². The van der Waals surface area contributed by atoms with Crippen LogP contribution in [0, 0.1) is 11.8 Å². The van der Waals surface area contributed by atoms with E-state index in [1.165, 1.54) is 26.4 Å². The molecule has 0 heterocycles. The minimum absolute atomic E-state index is 0.00144. The van der Waals surface area contributed by atoms with Crippen LogP contribution >= 0.6 is 0 Å². The highest BCUT2D eigenvalue weighted by Crippen LogP contribution is 2.32. The van der Waals surface area contributed by atoms with Gasteiger partial charge in [-0.15, -0.1) is 0 Å². The van der Waals surface area contributed by atoms with Crippen LogP contribution in [0.4, 0.5) is 0 Å². The zero-order valence-corrected chi connectivity index (χ0v) is 8.01. The lowest BCUT2D eigenvalue weighted by molar-refractivity contribution is -0.148. The average molecular weight is 170 g/mol. The second kappa shape index (κ2) is 4.48. The van der Waals surface area contributed by atoms with Gasteiger partial charge in [-0.3, -0.25) is 4.79 Å². The normalized spacial score (nSPS) is 29.8. The van der Waals surface area contributed by atoms with Crippen LogP contribution in [-0.2, 0) is 9.53 Å². The van der Waals surface area contributed by atoms with Crippen molar-refractivity contribution in [1.82, 2.24) is 0 Å². The van der Waals surface area contributed by atoms with Crippen molar-refractivity contribution < 1.29 is 9.53 Å². The molecule has 0 saturated heterocycles. The number of hydrogen-bond acceptors (Lipinski definition) is 2. The lowest BCUT2D eigenvalue weighted by Gasteiger charge is -2.28. The first-order valence-electron chi connectivity index (χ1n) is 4.87. The van der Waals surface area contributed by atoms with Gasteiger partial charge in [0.25, 0.3) is 0 Å². The Morgan fingerprint density at radius 3 is 2.67 bits per heavy atom. The predicted molar refractivity (Wildman–Crippen MR) is 47.8 cm³/mol. The molecule has 0 aliphatic heterocycles. The van der Waals surface area contributed by atoms with E-state index in [0.29, 0.717) is 5.92 Å². The molecule has 2 nitrogen and oxygen atoms in total. The van der Waals surface area contributed by atoms with Crippen molar-refractivity contribution in [3.8, 4) is 0 Å². The Labute approximate surface area is 74.3 Å². The van der Waals surface area contributed by atoms with E-state index in [-0.39, 0.29) is 11.9 Å². The van der Waals surface area contributed by atoms with Crippen LogP contribution in [0.2, 0.25) is 0 Å². The van der Waals surface area contributed by atoms with Gasteiger partial charge in [-0.1, -0.05) is 26.2 Å². The fourth-order valence-corrected chi connectivity index (χ4v) is 2.16. The Kier molecular flexibility index (Phi) is 3.57. The molecule has 0 bridgehead atoms. The van der Waals surface area contributed by atoms with Crippen LogP contribution in [0.5, 0.6) is 0 Å². The quantitative estimate of drug-likeness (QED) is 0.595. The fraction of sp³-hybridized carbons (Fsp3) is 0.900. The van der Waals surface area contributed by atoms with E-state index >= 15 is 0 Å². The fourth-order valence-electron chi connectivity index (χ4n) is 2.16. The van der Waals surface area contributed by atoms with Crippen LogP contribution in [0.25, 0.3) is 0 Å². The van der Waals surface area contributed by atoms with Crippen molar-refractivity contribution in [3.05, 3.63) is 0 Å². The molecule has 12 heavy (non-hydrogen) atoms. The van der Waals surface area contributed by atoms with Crippen LogP contribution in [0.3, 0.4) is 0 Å². The van der Waals surface area contributed by atoms with Gasteiger partial charge >= 0.3 is 5.97 Å². The van der Waals surface area contributed by atoms with Crippen molar-refractivity contribution in [1.29, 1.82) is 0 Å². The second-order valence-electron chi connectivity index (χ2n) is 3.58. The van der Waals surface area contributed by atoms with Gasteiger partial charge in [-0.2, -0.15) is 0 Å². The largest absolute Gasteiger partial charge is 0.469 e. The standard InChI is InChI=1S/C10H18O2/c1-3-8-6-4-5-7-9(8)10(11)12-2/h8-9H,3-7H2,1-2H3. The molecule has 1 rings (SSSR count). The Morgan fingerprint density at radius 2 is 2.08 bits per heavy atom. The van der Waals surface area contributed by atoms with Gasteiger partial charge in [0.05, 0.1) is 13.0 Å². The van der Waals surface area contributed by atoms with Crippen LogP contribution < -0.4 is 0 Å². The summed E-state index contributed by atoms with van der Waals surface area (Å²) in [6.07, 6.45) is 5.82. The second-order valence-corrected chi connectivity index (χ2v) is 3.58. The van der Waals surface area contributed by atoms with Gasteiger partial charge in [0.1, 0.15) is 0 Å². The van der Waals surface area contributed by atoms with Gasteiger partial charge in [-0.25, -0.2) is 0 Å². The number of hydrogen-bond donors (Lipinski definition) is 0. The summed E-state index contributed by atoms with van der Waals surface area (Å²) in [5.41, 5.74) is 0. The molecule has 70 valence electrons. The zero-order chi connectivity index (χ0) is 8.97. The van der Waals surface area contributed by atoms with E-state index in [4.69, 9.17) is 4.74 Å². The summed E-state index contributed by atoms with van der Waals surface area (Å²) in [7, 11) is 1.49. The van der Waals surface area contributed by atoms with Gasteiger partial charge in [0.2, 0.25) is 0 Å². The molecule has 0 aromatic carbocycles. The first kappa shape index (κ1) is 9.56. The third-order valence-corrected chi connectivity index (χ3v) is 2.94. The molecule has 1 aliphatic carbocycles. The number of ether oxygens (including phenoxy) is 1. The first-order valence-corrected chi connectivity index (χ1v) is 4.87. The van der Waals surface area contributed by atoms with E-state index in [1.807, 2.05) is 0 Å². The molecule has 1 saturated carbocycles. The summed E-state index contributed by atoms with van der Waals surface area (Å²) in [5.74, 6) is 0.765. The SMILES string of the molecule is CCC1CCCCC1C(=O)OC. The van der Waals surface area contributed by atoms with Crippen LogP contribution in [-0.4, -0.2) is 13.1 Å². The van der Waals surface area contributed by atoms with Crippen LogP contribution in [0.15, 0.2) is 0 Å². The number of carbonyl (C=O) groups excluding carboxylic acids is 1. The molecule has 0 radical (unpaired) electrons. The first-order chi connectivity index (χ1) is 5.79. The van der Waals surface area contributed by atoms with E-state index in [2.05, 4.69) is 6.92 Å². The molecule has 0 N–H and O–H groups in total. The summed E-state index contributed by atoms with van der Waals surface area (Å²) in [6.45, 7) is 2.16. The highest BCUT2D eigenvalue weighted by Gasteiger charge is 2.29. The minimum atomic E-state index is 0.00144. The van der Waals surface area contributed by atoms with E-state index in [9.17, 15) is 4.79 Å². The predicted octanol–water partition coefficient (Wildman–Crippen LogP) is 2.38. The highest BCUT2D eigenvalue weighted by atomic mass is 16.5. The molecule has 2 atom stereocenters. The maximum atomic E-state index is 11.3. The maximum Gasteiger partial charge on any atom is 0.308 e. The van der Waals surface area contributed by atoms with Crippen molar-refractivity contribution in [2.45, 2.75) is 39.0 Å². The van der Waals surface area contributed by atoms with Crippen LogP contribution in [0.1, 0.15) is 39.0 Å². The Balaban J connectivity index is 2.52. The molecule has 0 aromatic rings. The van der Waals surface area contributed by atoms with Gasteiger partial charge < -0.3 is 4.74 Å². The van der Waals surface area contributed by atoms with Gasteiger partial charge in [0, 0.05) is 0 Å². The van der Waals surface area contributed by atoms with Gasteiger partial charge in [-0.05, 0) is 18.8 Å². The third-order valence-electron chi connectivity index (χ3n) is 2.94. The van der Waals surface area contributed by atoms with Crippen molar-refractivity contribution in [2.75, 3.05) is 7.11 Å². The maximum absolute atomic E-state index is 11.3. The number of methoxy groups -OCH3 is 1. The summed E-state index contributed by atoms with van der Waals surface area (Å²) < 4.78 is 4.78. The molecule has 0 amide bonds. The highest BCUT2D eigenvalue weighted by molar-refractivity contribution is 5.72. The number of esters is 1. The molecule has 0 aromatic heterocycles. The molecular weight excluding hydrogens is 152 g/mol. The van der Waals surface area contributed by atoms with E-state index in [0.717, 1.165) is 12.8 Å². The molecule has 1 aliphatic rings. The minimum Gasteiger partial charge on any atom is -0.469 e. The van der Waals surface area contributed by atoms with Crippen molar-refractivity contribution >= 4 is 5.97 Å². The summed E-state index contributed by atoms with van der Waals surface area (Å²) in [4.78, 5) is 11.3. The van der Waals surface area contributed by atoms with Gasteiger partial charge in [0.15, 0.2) is 0 Å². The molecule has 0 spiro atoms. The molecular formula is C10H18O2. The lowest BCUT2D eigenvalue weighted by atomic mass is 9.78. The third kappa shape index (κ3) is 1.99. The number of rotatable bonds is 2. The Bertz CT molecular complexity index is 154. The average Bonchev–Trinajstić information content (AvgIpc) is 2.16. The Morgan fingerprint density at radius 1 is 1.42 bits per heavy atom. The van der Waals surface area contributed by atoms with Crippen molar-refractivity contribution in [3.63, 3.8) is 0 Å². The number of carbonyl (C=O) groups is 1. The Hall–Kier alpha value is -0.530. The smallest absolute Gasteiger partial charge is 0.308 e. The summed E-state index contributed by atoms with van der Waals surface area (Å²) in [6, 6.07) is 0. The monoisotopic (exact) mass is 170 g/mol.